The standard InChI is InChI=1S/C10H6F3N3O3S/c11-10(12,13)19-5-1-3-6(4-2-5)20-8-7(9(17)18)14-16-15-8/h1-4H,(H,17,18)(H,14,15,16). The number of ether oxygens (including phenoxy) is 1. The Balaban J connectivity index is 2.11. The molecule has 2 N–H and O–H groups in total. The molecule has 0 saturated carbocycles. The van der Waals surface area contributed by atoms with Gasteiger partial charge in [0, 0.05) is 4.90 Å². The number of carbonyl (C=O) groups is 1. The van der Waals surface area contributed by atoms with Gasteiger partial charge in [0.25, 0.3) is 0 Å². The molecule has 0 aliphatic heterocycles. The first-order chi connectivity index (χ1) is 9.35. The van der Waals surface area contributed by atoms with Gasteiger partial charge in [-0.3, -0.25) is 0 Å². The van der Waals surface area contributed by atoms with Crippen LogP contribution in [0.2, 0.25) is 0 Å². The summed E-state index contributed by atoms with van der Waals surface area (Å²) in [6.07, 6.45) is -4.75. The van der Waals surface area contributed by atoms with Crippen molar-refractivity contribution in [3.05, 3.63) is 30.0 Å². The number of H-pyrrole nitrogens is 1. The van der Waals surface area contributed by atoms with E-state index < -0.39 is 12.3 Å². The Hall–Kier alpha value is -2.23. The number of aromatic amines is 1. The lowest BCUT2D eigenvalue weighted by Gasteiger charge is -2.08. The van der Waals surface area contributed by atoms with Crippen molar-refractivity contribution in [2.75, 3.05) is 0 Å². The van der Waals surface area contributed by atoms with Gasteiger partial charge in [-0.15, -0.1) is 23.4 Å². The number of nitrogens with one attached hydrogen (secondary N) is 1. The third kappa shape index (κ3) is 3.63. The molecule has 20 heavy (non-hydrogen) atoms. The quantitative estimate of drug-likeness (QED) is 0.902. The molecule has 0 bridgehead atoms. The van der Waals surface area contributed by atoms with Crippen LogP contribution in [0.5, 0.6) is 5.75 Å². The van der Waals surface area contributed by atoms with Crippen LogP contribution < -0.4 is 4.74 Å². The Labute approximate surface area is 113 Å². The predicted molar refractivity (Wildman–Crippen MR) is 60.6 cm³/mol. The first kappa shape index (κ1) is 14.2. The lowest BCUT2D eigenvalue weighted by molar-refractivity contribution is -0.274. The van der Waals surface area contributed by atoms with Crippen molar-refractivity contribution in [1.29, 1.82) is 0 Å². The van der Waals surface area contributed by atoms with E-state index in [1.807, 2.05) is 0 Å². The molecule has 0 spiro atoms. The summed E-state index contributed by atoms with van der Waals surface area (Å²) in [5.74, 6) is -1.61. The predicted octanol–water partition coefficient (Wildman–Crippen LogP) is 2.55. The largest absolute Gasteiger partial charge is 0.573 e. The highest BCUT2D eigenvalue weighted by Gasteiger charge is 2.31. The summed E-state index contributed by atoms with van der Waals surface area (Å²) in [6.45, 7) is 0. The second kappa shape index (κ2) is 5.41. The van der Waals surface area contributed by atoms with Crippen molar-refractivity contribution in [2.45, 2.75) is 16.3 Å². The van der Waals surface area contributed by atoms with Crippen LogP contribution in [-0.2, 0) is 0 Å². The summed E-state index contributed by atoms with van der Waals surface area (Å²) < 4.78 is 39.6. The van der Waals surface area contributed by atoms with Crippen molar-refractivity contribution >= 4 is 17.7 Å². The molecule has 0 aliphatic carbocycles. The van der Waals surface area contributed by atoms with Crippen molar-refractivity contribution in [2.24, 2.45) is 0 Å². The minimum Gasteiger partial charge on any atom is -0.476 e. The number of carboxylic acid groups (broad SMARTS) is 1. The Morgan fingerprint density at radius 3 is 2.45 bits per heavy atom. The number of halogens is 3. The molecule has 0 radical (unpaired) electrons. The first-order valence-corrected chi connectivity index (χ1v) is 5.84. The number of rotatable bonds is 4. The Bertz CT molecular complexity index is 612. The van der Waals surface area contributed by atoms with Crippen LogP contribution in [0.15, 0.2) is 34.2 Å². The highest BCUT2D eigenvalue weighted by molar-refractivity contribution is 7.99. The SMILES string of the molecule is O=C(O)c1n[nH]nc1Sc1ccc(OC(F)(F)F)cc1. The molecule has 0 unspecified atom stereocenters. The molecule has 106 valence electrons. The van der Waals surface area contributed by atoms with E-state index in [0.717, 1.165) is 23.9 Å². The maximum Gasteiger partial charge on any atom is 0.573 e. The molecule has 0 saturated heterocycles. The molecule has 1 heterocycles. The summed E-state index contributed by atoms with van der Waals surface area (Å²) in [7, 11) is 0. The number of hydrogen-bond donors (Lipinski definition) is 2. The number of aromatic carboxylic acids is 1. The fourth-order valence-corrected chi connectivity index (χ4v) is 2.06. The number of carboxylic acids is 1. The molecule has 0 fully saturated rings. The van der Waals surface area contributed by atoms with Crippen LogP contribution in [0, 0.1) is 0 Å². The van der Waals surface area contributed by atoms with Gasteiger partial charge in [0.15, 0.2) is 5.03 Å². The van der Waals surface area contributed by atoms with Crippen LogP contribution in [0.4, 0.5) is 13.2 Å². The summed E-state index contributed by atoms with van der Waals surface area (Å²) in [4.78, 5) is 11.3. The average Bonchev–Trinajstić information content (AvgIpc) is 2.78. The molecular weight excluding hydrogens is 299 g/mol. The van der Waals surface area contributed by atoms with E-state index in [4.69, 9.17) is 5.11 Å². The normalized spacial score (nSPS) is 11.3. The highest BCUT2D eigenvalue weighted by Crippen LogP contribution is 2.30. The van der Waals surface area contributed by atoms with Gasteiger partial charge in [-0.1, -0.05) is 11.8 Å². The zero-order valence-corrected chi connectivity index (χ0v) is 10.3. The van der Waals surface area contributed by atoms with Gasteiger partial charge in [-0.05, 0) is 24.3 Å². The topological polar surface area (TPSA) is 88.1 Å². The molecule has 2 aromatic rings. The van der Waals surface area contributed by atoms with Gasteiger partial charge < -0.3 is 9.84 Å². The molecule has 6 nitrogen and oxygen atoms in total. The maximum absolute atomic E-state index is 12.0. The molecular formula is C10H6F3N3O3S. The Kier molecular flexibility index (Phi) is 3.84. The number of nitrogens with zero attached hydrogens (tertiary/aromatic N) is 2. The van der Waals surface area contributed by atoms with E-state index in [2.05, 4.69) is 20.1 Å². The first-order valence-electron chi connectivity index (χ1n) is 5.03. The fraction of sp³-hybridized carbons (Fsp3) is 0.100. The summed E-state index contributed by atoms with van der Waals surface area (Å²) in [5.41, 5.74) is -0.259. The van der Waals surface area contributed by atoms with Gasteiger partial charge in [-0.2, -0.15) is 5.21 Å². The third-order valence-electron chi connectivity index (χ3n) is 1.99. The summed E-state index contributed by atoms with van der Waals surface area (Å²) >= 11 is 0.953. The van der Waals surface area contributed by atoms with Crippen molar-refractivity contribution < 1.29 is 27.8 Å². The van der Waals surface area contributed by atoms with Gasteiger partial charge in [0.1, 0.15) is 5.75 Å². The number of aromatic nitrogens is 3. The van der Waals surface area contributed by atoms with E-state index in [1.54, 1.807) is 0 Å². The average molecular weight is 305 g/mol. The van der Waals surface area contributed by atoms with E-state index in [0.29, 0.717) is 4.90 Å². The molecule has 10 heteroatoms. The smallest absolute Gasteiger partial charge is 0.476 e. The van der Waals surface area contributed by atoms with Gasteiger partial charge in [-0.25, -0.2) is 4.79 Å². The molecule has 1 aromatic heterocycles. The van der Waals surface area contributed by atoms with E-state index >= 15 is 0 Å². The van der Waals surface area contributed by atoms with E-state index in [1.165, 1.54) is 12.1 Å². The van der Waals surface area contributed by atoms with Gasteiger partial charge >= 0.3 is 12.3 Å². The maximum atomic E-state index is 12.0. The Morgan fingerprint density at radius 1 is 1.25 bits per heavy atom. The molecule has 0 aliphatic rings. The molecule has 0 atom stereocenters. The van der Waals surface area contributed by atoms with Crippen molar-refractivity contribution in [3.8, 4) is 5.75 Å². The number of benzene rings is 1. The monoisotopic (exact) mass is 305 g/mol. The summed E-state index contributed by atoms with van der Waals surface area (Å²) in [6, 6.07) is 4.95. The van der Waals surface area contributed by atoms with Crippen LogP contribution in [0.3, 0.4) is 0 Å². The van der Waals surface area contributed by atoms with Crippen LogP contribution in [0.1, 0.15) is 10.5 Å². The lowest BCUT2D eigenvalue weighted by Crippen LogP contribution is -2.16. The second-order valence-electron chi connectivity index (χ2n) is 3.40. The van der Waals surface area contributed by atoms with Crippen LogP contribution in [-0.4, -0.2) is 32.8 Å². The number of hydrogen-bond acceptors (Lipinski definition) is 5. The Morgan fingerprint density at radius 2 is 1.90 bits per heavy atom. The molecule has 1 aromatic carbocycles. The summed E-state index contributed by atoms with van der Waals surface area (Å²) in [5, 5.41) is 18.2. The molecule has 0 amide bonds. The van der Waals surface area contributed by atoms with E-state index in [-0.39, 0.29) is 16.5 Å². The molecule has 2 rings (SSSR count). The van der Waals surface area contributed by atoms with Gasteiger partial charge in [0.05, 0.1) is 0 Å². The highest BCUT2D eigenvalue weighted by atomic mass is 32.2. The van der Waals surface area contributed by atoms with Crippen LogP contribution in [0.25, 0.3) is 0 Å². The number of alkyl halides is 3. The minimum atomic E-state index is -4.75. The zero-order chi connectivity index (χ0) is 14.8. The van der Waals surface area contributed by atoms with Crippen molar-refractivity contribution in [3.63, 3.8) is 0 Å². The third-order valence-corrected chi connectivity index (χ3v) is 2.98. The van der Waals surface area contributed by atoms with Crippen molar-refractivity contribution in [1.82, 2.24) is 15.4 Å². The fourth-order valence-electron chi connectivity index (χ4n) is 1.25. The zero-order valence-electron chi connectivity index (χ0n) is 9.51. The van der Waals surface area contributed by atoms with Crippen LogP contribution >= 0.6 is 11.8 Å². The van der Waals surface area contributed by atoms with Gasteiger partial charge in [0.2, 0.25) is 5.69 Å². The van der Waals surface area contributed by atoms with E-state index in [9.17, 15) is 18.0 Å². The lowest BCUT2D eigenvalue weighted by atomic mass is 10.3. The minimum absolute atomic E-state index is 0.113. The second-order valence-corrected chi connectivity index (χ2v) is 4.47.